The molecule has 0 radical (unpaired) electrons. The number of hydrogen-bond acceptors (Lipinski definition) is 7. The number of thioether (sulfide) groups is 1. The van der Waals surface area contributed by atoms with Gasteiger partial charge in [0.25, 0.3) is 5.91 Å². The largest absolute Gasteiger partial charge is 0.459 e. The smallest absolute Gasteiger partial charge is 0.287 e. The number of furan rings is 1. The van der Waals surface area contributed by atoms with Crippen molar-refractivity contribution in [3.8, 4) is 0 Å². The number of halogens is 1. The summed E-state index contributed by atoms with van der Waals surface area (Å²) in [5.41, 5.74) is 0.957. The quantitative estimate of drug-likeness (QED) is 0.541. The van der Waals surface area contributed by atoms with Crippen molar-refractivity contribution in [3.05, 3.63) is 60.1 Å². The number of piperazine rings is 1. The Kier molecular flexibility index (Phi) is 6.74. The van der Waals surface area contributed by atoms with Crippen molar-refractivity contribution in [2.45, 2.75) is 11.7 Å². The van der Waals surface area contributed by atoms with Crippen LogP contribution in [0.3, 0.4) is 0 Å². The molecule has 0 spiro atoms. The standard InChI is InChI=1S/C21H23FN6O3S/c1-26-18(13-23-20(30)17-3-2-12-31-17)24-25-21(26)32-14-19(29)28-10-8-27(9-11-28)16-6-4-15(22)5-7-16/h2-7,12H,8-11,13-14H2,1H3,(H,23,30). The van der Waals surface area contributed by atoms with E-state index in [1.165, 1.54) is 30.2 Å². The van der Waals surface area contributed by atoms with Gasteiger partial charge in [0.05, 0.1) is 18.6 Å². The molecule has 1 aromatic carbocycles. The normalized spacial score (nSPS) is 13.9. The minimum absolute atomic E-state index is 0.0319. The zero-order valence-corrected chi connectivity index (χ0v) is 18.3. The van der Waals surface area contributed by atoms with Crippen LogP contribution >= 0.6 is 11.8 Å². The van der Waals surface area contributed by atoms with Crippen LogP contribution < -0.4 is 10.2 Å². The highest BCUT2D eigenvalue weighted by molar-refractivity contribution is 7.99. The van der Waals surface area contributed by atoms with E-state index in [0.29, 0.717) is 37.2 Å². The average Bonchev–Trinajstić information content (AvgIpc) is 3.47. The summed E-state index contributed by atoms with van der Waals surface area (Å²) in [6.45, 7) is 2.82. The lowest BCUT2D eigenvalue weighted by Gasteiger charge is -2.36. The zero-order chi connectivity index (χ0) is 22.5. The molecule has 1 N–H and O–H groups in total. The molecule has 168 valence electrons. The summed E-state index contributed by atoms with van der Waals surface area (Å²) in [5.74, 6) is 0.499. The Labute approximate surface area is 188 Å². The van der Waals surface area contributed by atoms with E-state index >= 15 is 0 Å². The van der Waals surface area contributed by atoms with Gasteiger partial charge in [-0.1, -0.05) is 11.8 Å². The Bertz CT molecular complexity index is 1060. The van der Waals surface area contributed by atoms with Crippen LogP contribution in [0, 0.1) is 5.82 Å². The maximum absolute atomic E-state index is 13.1. The maximum Gasteiger partial charge on any atom is 0.287 e. The fraction of sp³-hybridized carbons (Fsp3) is 0.333. The number of nitrogens with one attached hydrogen (secondary N) is 1. The second kappa shape index (κ2) is 9.86. The van der Waals surface area contributed by atoms with Gasteiger partial charge in [-0.25, -0.2) is 4.39 Å². The van der Waals surface area contributed by atoms with Gasteiger partial charge < -0.3 is 24.1 Å². The fourth-order valence-corrected chi connectivity index (χ4v) is 4.20. The molecule has 0 unspecified atom stereocenters. The van der Waals surface area contributed by atoms with Crippen LogP contribution in [-0.4, -0.2) is 63.4 Å². The molecule has 11 heteroatoms. The van der Waals surface area contributed by atoms with Crippen molar-refractivity contribution < 1.29 is 18.4 Å². The Hall–Kier alpha value is -3.34. The summed E-state index contributed by atoms with van der Waals surface area (Å²) < 4.78 is 19.9. The lowest BCUT2D eigenvalue weighted by molar-refractivity contribution is -0.128. The van der Waals surface area contributed by atoms with Crippen molar-refractivity contribution >= 4 is 29.3 Å². The molecule has 3 aromatic rings. The number of amides is 2. The highest BCUT2D eigenvalue weighted by atomic mass is 32.2. The minimum atomic E-state index is -0.331. The number of nitrogens with zero attached hydrogens (tertiary/aromatic N) is 5. The van der Waals surface area contributed by atoms with Crippen LogP contribution in [0.5, 0.6) is 0 Å². The van der Waals surface area contributed by atoms with Crippen LogP contribution in [-0.2, 0) is 18.4 Å². The van der Waals surface area contributed by atoms with Crippen LogP contribution in [0.2, 0.25) is 0 Å². The molecule has 2 aromatic heterocycles. The summed E-state index contributed by atoms with van der Waals surface area (Å²) in [5, 5.41) is 11.6. The Morgan fingerprint density at radius 3 is 2.56 bits per heavy atom. The molecule has 0 bridgehead atoms. The van der Waals surface area contributed by atoms with Crippen LogP contribution in [0.1, 0.15) is 16.4 Å². The van der Waals surface area contributed by atoms with E-state index in [4.69, 9.17) is 4.42 Å². The number of hydrogen-bond donors (Lipinski definition) is 1. The van der Waals surface area contributed by atoms with E-state index in [0.717, 1.165) is 5.69 Å². The lowest BCUT2D eigenvalue weighted by atomic mass is 10.2. The maximum atomic E-state index is 13.1. The third kappa shape index (κ3) is 5.10. The van der Waals surface area contributed by atoms with Gasteiger partial charge >= 0.3 is 0 Å². The second-order valence-corrected chi connectivity index (χ2v) is 8.19. The third-order valence-corrected chi connectivity index (χ3v) is 6.23. The second-order valence-electron chi connectivity index (χ2n) is 7.25. The van der Waals surface area contributed by atoms with Crippen molar-refractivity contribution in [1.82, 2.24) is 25.0 Å². The SMILES string of the molecule is Cn1c(CNC(=O)c2ccco2)nnc1SCC(=O)N1CCN(c2ccc(F)cc2)CC1. The molecule has 1 aliphatic heterocycles. The first-order chi connectivity index (χ1) is 15.5. The Balaban J connectivity index is 1.24. The van der Waals surface area contributed by atoms with Gasteiger partial charge in [-0.2, -0.15) is 0 Å². The molecule has 4 rings (SSSR count). The van der Waals surface area contributed by atoms with E-state index in [1.807, 2.05) is 4.90 Å². The Morgan fingerprint density at radius 1 is 1.12 bits per heavy atom. The molecular formula is C21H23FN6O3S. The van der Waals surface area contributed by atoms with Crippen molar-refractivity contribution in [2.24, 2.45) is 7.05 Å². The minimum Gasteiger partial charge on any atom is -0.459 e. The van der Waals surface area contributed by atoms with Gasteiger partial charge in [-0.15, -0.1) is 10.2 Å². The number of aromatic nitrogens is 3. The van der Waals surface area contributed by atoms with E-state index in [1.54, 1.807) is 35.9 Å². The zero-order valence-electron chi connectivity index (χ0n) is 17.5. The Morgan fingerprint density at radius 2 is 1.88 bits per heavy atom. The van der Waals surface area contributed by atoms with Gasteiger partial charge in [-0.05, 0) is 36.4 Å². The number of anilines is 1. The molecule has 0 atom stereocenters. The predicted molar refractivity (Wildman–Crippen MR) is 117 cm³/mol. The van der Waals surface area contributed by atoms with Gasteiger partial charge in [0.15, 0.2) is 16.7 Å². The molecule has 0 aliphatic carbocycles. The van der Waals surface area contributed by atoms with Crippen molar-refractivity contribution in [3.63, 3.8) is 0 Å². The summed E-state index contributed by atoms with van der Waals surface area (Å²) in [7, 11) is 1.79. The first kappa shape index (κ1) is 21.9. The number of carbonyl (C=O) groups excluding carboxylic acids is 2. The third-order valence-electron chi connectivity index (χ3n) is 5.23. The van der Waals surface area contributed by atoms with E-state index in [2.05, 4.69) is 20.4 Å². The first-order valence-electron chi connectivity index (χ1n) is 10.1. The summed E-state index contributed by atoms with van der Waals surface area (Å²) in [4.78, 5) is 28.6. The van der Waals surface area contributed by atoms with Gasteiger partial charge in [0, 0.05) is 38.9 Å². The predicted octanol–water partition coefficient (Wildman–Crippen LogP) is 1.92. The highest BCUT2D eigenvalue weighted by Crippen LogP contribution is 2.19. The average molecular weight is 459 g/mol. The summed E-state index contributed by atoms with van der Waals surface area (Å²) in [6, 6.07) is 9.63. The van der Waals surface area contributed by atoms with Crippen LogP contribution in [0.25, 0.3) is 0 Å². The lowest BCUT2D eigenvalue weighted by Crippen LogP contribution is -2.49. The monoisotopic (exact) mass is 458 g/mol. The molecular weight excluding hydrogens is 435 g/mol. The van der Waals surface area contributed by atoms with E-state index < -0.39 is 0 Å². The summed E-state index contributed by atoms with van der Waals surface area (Å²) in [6.07, 6.45) is 1.44. The van der Waals surface area contributed by atoms with E-state index in [-0.39, 0.29) is 35.7 Å². The van der Waals surface area contributed by atoms with Crippen LogP contribution in [0.4, 0.5) is 10.1 Å². The molecule has 2 amide bonds. The number of rotatable bonds is 7. The molecule has 1 fully saturated rings. The molecule has 9 nitrogen and oxygen atoms in total. The molecule has 3 heterocycles. The van der Waals surface area contributed by atoms with Gasteiger partial charge in [0.1, 0.15) is 5.82 Å². The molecule has 32 heavy (non-hydrogen) atoms. The van der Waals surface area contributed by atoms with Crippen molar-refractivity contribution in [2.75, 3.05) is 36.8 Å². The first-order valence-corrected chi connectivity index (χ1v) is 11.1. The molecule has 1 aliphatic rings. The topological polar surface area (TPSA) is 96.5 Å². The highest BCUT2D eigenvalue weighted by Gasteiger charge is 2.22. The number of benzene rings is 1. The molecule has 0 saturated carbocycles. The van der Waals surface area contributed by atoms with Gasteiger partial charge in [-0.3, -0.25) is 9.59 Å². The molecule has 1 saturated heterocycles. The summed E-state index contributed by atoms with van der Waals surface area (Å²) >= 11 is 1.31. The van der Waals surface area contributed by atoms with E-state index in [9.17, 15) is 14.0 Å². The van der Waals surface area contributed by atoms with Gasteiger partial charge in [0.2, 0.25) is 5.91 Å². The number of carbonyl (C=O) groups is 2. The van der Waals surface area contributed by atoms with Crippen molar-refractivity contribution in [1.29, 1.82) is 0 Å². The van der Waals surface area contributed by atoms with Crippen LogP contribution in [0.15, 0.2) is 52.2 Å². The fourth-order valence-electron chi connectivity index (χ4n) is 3.36.